The normalized spacial score (nSPS) is 12.2. The van der Waals surface area contributed by atoms with E-state index in [0.29, 0.717) is 10.8 Å². The first kappa shape index (κ1) is 14.3. The van der Waals surface area contributed by atoms with E-state index in [-0.39, 0.29) is 17.8 Å². The van der Waals surface area contributed by atoms with Crippen molar-refractivity contribution in [3.8, 4) is 5.75 Å². The molecular formula is C12H14ClN5O2. The van der Waals surface area contributed by atoms with Crippen LogP contribution < -0.4 is 10.1 Å². The lowest BCUT2D eigenvalue weighted by atomic mass is 10.1. The number of carbonyl (C=O) groups is 1. The van der Waals surface area contributed by atoms with Gasteiger partial charge in [-0.2, -0.15) is 5.21 Å². The van der Waals surface area contributed by atoms with E-state index in [4.69, 9.17) is 16.3 Å². The Hall–Kier alpha value is -2.15. The van der Waals surface area contributed by atoms with Crippen molar-refractivity contribution in [2.75, 3.05) is 5.32 Å². The van der Waals surface area contributed by atoms with Gasteiger partial charge in [-0.25, -0.2) is 0 Å². The average molecular weight is 296 g/mol. The van der Waals surface area contributed by atoms with Gasteiger partial charge in [-0.05, 0) is 29.3 Å². The first-order valence-corrected chi connectivity index (χ1v) is 6.40. The molecule has 2 aromatic rings. The number of tetrazole rings is 1. The summed E-state index contributed by atoms with van der Waals surface area (Å²) >= 11 is 5.89. The lowest BCUT2D eigenvalue weighted by Crippen LogP contribution is -2.37. The number of nitrogens with one attached hydrogen (secondary N) is 2. The van der Waals surface area contributed by atoms with Crippen LogP contribution in [0.5, 0.6) is 5.75 Å². The first-order chi connectivity index (χ1) is 9.56. The van der Waals surface area contributed by atoms with E-state index in [1.807, 2.05) is 13.8 Å². The second-order valence-corrected chi connectivity index (χ2v) is 4.90. The number of benzene rings is 1. The Labute approximate surface area is 120 Å². The largest absolute Gasteiger partial charge is 0.480 e. The Morgan fingerprint density at radius 3 is 2.85 bits per heavy atom. The topological polar surface area (TPSA) is 92.8 Å². The zero-order valence-corrected chi connectivity index (χ0v) is 11.8. The number of carbonyl (C=O) groups excluding carboxylic acids is 1. The molecule has 2 rings (SSSR count). The second-order valence-electron chi connectivity index (χ2n) is 4.46. The van der Waals surface area contributed by atoms with E-state index in [1.54, 1.807) is 24.3 Å². The molecule has 0 unspecified atom stereocenters. The molecule has 1 heterocycles. The van der Waals surface area contributed by atoms with E-state index in [2.05, 4.69) is 25.9 Å². The fraction of sp³-hybridized carbons (Fsp3) is 0.333. The van der Waals surface area contributed by atoms with Crippen LogP contribution in [0.25, 0.3) is 0 Å². The van der Waals surface area contributed by atoms with Gasteiger partial charge in [0.1, 0.15) is 5.75 Å². The molecule has 0 spiro atoms. The fourth-order valence-corrected chi connectivity index (χ4v) is 1.76. The predicted molar refractivity (Wildman–Crippen MR) is 73.5 cm³/mol. The quantitative estimate of drug-likeness (QED) is 0.879. The number of halogens is 1. The maximum absolute atomic E-state index is 12.2. The molecule has 0 aliphatic heterocycles. The monoisotopic (exact) mass is 295 g/mol. The number of nitrogens with zero attached hydrogens (tertiary/aromatic N) is 3. The third-order valence-corrected chi connectivity index (χ3v) is 2.74. The molecule has 106 valence electrons. The van der Waals surface area contributed by atoms with Gasteiger partial charge in [0.2, 0.25) is 0 Å². The van der Waals surface area contributed by atoms with Crippen LogP contribution in [0.1, 0.15) is 13.8 Å². The minimum atomic E-state index is -0.688. The van der Waals surface area contributed by atoms with Crippen LogP contribution in [0.15, 0.2) is 24.3 Å². The van der Waals surface area contributed by atoms with E-state index in [0.717, 1.165) is 0 Å². The van der Waals surface area contributed by atoms with Crippen molar-refractivity contribution in [3.05, 3.63) is 29.3 Å². The number of anilines is 1. The highest BCUT2D eigenvalue weighted by Crippen LogP contribution is 2.21. The van der Waals surface area contributed by atoms with Gasteiger partial charge in [0, 0.05) is 5.02 Å². The van der Waals surface area contributed by atoms with Crippen LogP contribution in [0.4, 0.5) is 5.95 Å². The zero-order chi connectivity index (χ0) is 14.5. The Morgan fingerprint density at radius 1 is 1.45 bits per heavy atom. The molecule has 8 heteroatoms. The second kappa shape index (κ2) is 6.33. The zero-order valence-electron chi connectivity index (χ0n) is 11.0. The van der Waals surface area contributed by atoms with Gasteiger partial charge in [0.05, 0.1) is 0 Å². The summed E-state index contributed by atoms with van der Waals surface area (Å²) in [5, 5.41) is 16.0. The summed E-state index contributed by atoms with van der Waals surface area (Å²) in [6.45, 7) is 3.76. The third kappa shape index (κ3) is 3.67. The van der Waals surface area contributed by atoms with Crippen molar-refractivity contribution < 1.29 is 9.53 Å². The number of rotatable bonds is 5. The molecule has 0 aliphatic carbocycles. The van der Waals surface area contributed by atoms with Gasteiger partial charge >= 0.3 is 0 Å². The molecule has 0 bridgehead atoms. The molecule has 1 atom stereocenters. The molecular weight excluding hydrogens is 282 g/mol. The summed E-state index contributed by atoms with van der Waals surface area (Å²) in [6, 6.07) is 6.88. The number of H-pyrrole nitrogens is 1. The predicted octanol–water partition coefficient (Wildman–Crippen LogP) is 1.90. The Morgan fingerprint density at radius 2 is 2.25 bits per heavy atom. The van der Waals surface area contributed by atoms with Crippen molar-refractivity contribution in [1.29, 1.82) is 0 Å². The molecule has 7 nitrogen and oxygen atoms in total. The maximum Gasteiger partial charge on any atom is 0.269 e. The van der Waals surface area contributed by atoms with Gasteiger partial charge < -0.3 is 4.74 Å². The lowest BCUT2D eigenvalue weighted by Gasteiger charge is -2.21. The number of hydrogen-bond acceptors (Lipinski definition) is 5. The van der Waals surface area contributed by atoms with Crippen LogP contribution in [0.3, 0.4) is 0 Å². The standard InChI is InChI=1S/C12H14ClN5O2/c1-7(2)10(11(19)14-12-15-17-18-16-12)20-9-5-3-4-8(13)6-9/h3-7,10H,1-2H3,(H2,14,15,16,17,18,19)/t10-/m1/s1. The summed E-state index contributed by atoms with van der Waals surface area (Å²) in [5.41, 5.74) is 0. The molecule has 0 radical (unpaired) electrons. The number of ether oxygens (including phenoxy) is 1. The minimum absolute atomic E-state index is 0.0408. The van der Waals surface area contributed by atoms with Gasteiger partial charge in [-0.1, -0.05) is 36.6 Å². The van der Waals surface area contributed by atoms with Crippen LogP contribution in [-0.4, -0.2) is 32.6 Å². The highest BCUT2D eigenvalue weighted by atomic mass is 35.5. The lowest BCUT2D eigenvalue weighted by molar-refractivity contribution is -0.124. The minimum Gasteiger partial charge on any atom is -0.480 e. The molecule has 1 aromatic heterocycles. The van der Waals surface area contributed by atoms with Gasteiger partial charge in [0.15, 0.2) is 6.10 Å². The van der Waals surface area contributed by atoms with Gasteiger partial charge in [-0.3, -0.25) is 10.1 Å². The average Bonchev–Trinajstić information content (AvgIpc) is 2.88. The first-order valence-electron chi connectivity index (χ1n) is 6.03. The van der Waals surface area contributed by atoms with E-state index in [9.17, 15) is 4.79 Å². The molecule has 0 aliphatic rings. The molecule has 2 N–H and O–H groups in total. The van der Waals surface area contributed by atoms with Crippen molar-refractivity contribution in [2.24, 2.45) is 5.92 Å². The van der Waals surface area contributed by atoms with Crippen LogP contribution in [0, 0.1) is 5.92 Å². The summed E-state index contributed by atoms with van der Waals surface area (Å²) in [5.74, 6) is 0.247. The van der Waals surface area contributed by atoms with E-state index >= 15 is 0 Å². The van der Waals surface area contributed by atoms with Crippen molar-refractivity contribution in [1.82, 2.24) is 20.6 Å². The number of hydrogen-bond donors (Lipinski definition) is 2. The molecule has 0 saturated heterocycles. The van der Waals surface area contributed by atoms with Crippen molar-refractivity contribution >= 4 is 23.5 Å². The summed E-state index contributed by atoms with van der Waals surface area (Å²) in [4.78, 5) is 12.2. The molecule has 20 heavy (non-hydrogen) atoms. The third-order valence-electron chi connectivity index (χ3n) is 2.50. The molecule has 0 saturated carbocycles. The summed E-state index contributed by atoms with van der Waals surface area (Å²) in [6.07, 6.45) is -0.688. The van der Waals surface area contributed by atoms with Gasteiger partial charge in [0.25, 0.3) is 11.9 Å². The molecule has 1 amide bonds. The Balaban J connectivity index is 2.08. The molecule has 1 aromatic carbocycles. The smallest absolute Gasteiger partial charge is 0.269 e. The Kier molecular flexibility index (Phi) is 4.52. The van der Waals surface area contributed by atoms with Crippen LogP contribution in [0.2, 0.25) is 5.02 Å². The number of aromatic amines is 1. The van der Waals surface area contributed by atoms with Gasteiger partial charge in [-0.15, -0.1) is 5.10 Å². The number of aromatic nitrogens is 4. The van der Waals surface area contributed by atoms with E-state index in [1.165, 1.54) is 0 Å². The van der Waals surface area contributed by atoms with Crippen molar-refractivity contribution in [3.63, 3.8) is 0 Å². The fourth-order valence-electron chi connectivity index (χ4n) is 1.58. The van der Waals surface area contributed by atoms with Crippen LogP contribution >= 0.6 is 11.6 Å². The highest BCUT2D eigenvalue weighted by molar-refractivity contribution is 6.30. The Bertz CT molecular complexity index is 573. The number of amides is 1. The van der Waals surface area contributed by atoms with E-state index < -0.39 is 6.10 Å². The SMILES string of the molecule is CC(C)[C@@H](Oc1cccc(Cl)c1)C(=O)Nc1nn[nH]n1. The van der Waals surface area contributed by atoms with Crippen molar-refractivity contribution in [2.45, 2.75) is 20.0 Å². The maximum atomic E-state index is 12.2. The molecule has 0 fully saturated rings. The highest BCUT2D eigenvalue weighted by Gasteiger charge is 2.25. The van der Waals surface area contributed by atoms with Crippen LogP contribution in [-0.2, 0) is 4.79 Å². The summed E-state index contributed by atoms with van der Waals surface area (Å²) < 4.78 is 5.68. The summed E-state index contributed by atoms with van der Waals surface area (Å²) in [7, 11) is 0.